The maximum Gasteiger partial charge on any atom is 2.00 e. The van der Waals surface area contributed by atoms with E-state index in [1.54, 1.807) is 0 Å². The molecule has 0 nitrogen and oxygen atoms in total. The van der Waals surface area contributed by atoms with Gasteiger partial charge in [0.15, 0.2) is 0 Å². The van der Waals surface area contributed by atoms with Crippen molar-refractivity contribution in [3.05, 3.63) is 106 Å². The molecule has 0 fully saturated rings. The summed E-state index contributed by atoms with van der Waals surface area (Å²) in [6.07, 6.45) is 8.59. The van der Waals surface area contributed by atoms with Gasteiger partial charge in [-0.1, -0.05) is 135 Å². The van der Waals surface area contributed by atoms with Gasteiger partial charge < -0.3 is 24.8 Å². The first-order valence-corrected chi connectivity index (χ1v) is 13.9. The van der Waals surface area contributed by atoms with Crippen LogP contribution >= 0.6 is 0 Å². The second-order valence-corrected chi connectivity index (χ2v) is 14.4. The molecule has 2 aliphatic carbocycles. The van der Waals surface area contributed by atoms with Crippen molar-refractivity contribution in [2.24, 2.45) is 16.2 Å². The Morgan fingerprint density at radius 2 is 1.32 bits per heavy atom. The Hall–Kier alpha value is -1.40. The summed E-state index contributed by atoms with van der Waals surface area (Å²) in [6, 6.07) is 20.4. The SMILES string of the molecule is Cc1c(C(C)(C)C)ccc2c1C1=CC(C(C)(C)C)(C(C)(C)C)C=CC1=C2Cc1cccc2ccccc12.[Cl-].[Cl-].[Zr+2]. The summed E-state index contributed by atoms with van der Waals surface area (Å²) in [4.78, 5) is 0. The third-order valence-corrected chi connectivity index (χ3v) is 9.10. The van der Waals surface area contributed by atoms with Crippen LogP contribution in [0.15, 0.2) is 78.4 Å². The van der Waals surface area contributed by atoms with E-state index in [-0.39, 0.29) is 72.7 Å². The van der Waals surface area contributed by atoms with Gasteiger partial charge in [0.05, 0.1) is 0 Å². The number of benzene rings is 3. The zero-order valence-corrected chi connectivity index (χ0v) is 29.9. The van der Waals surface area contributed by atoms with Crippen LogP contribution in [0.3, 0.4) is 0 Å². The van der Waals surface area contributed by atoms with E-state index >= 15 is 0 Å². The topological polar surface area (TPSA) is 0 Å². The molecule has 0 saturated carbocycles. The van der Waals surface area contributed by atoms with Gasteiger partial charge in [-0.15, -0.1) is 0 Å². The van der Waals surface area contributed by atoms with Crippen LogP contribution < -0.4 is 24.8 Å². The van der Waals surface area contributed by atoms with Gasteiger partial charge in [0.25, 0.3) is 0 Å². The quantitative estimate of drug-likeness (QED) is 0.384. The third kappa shape index (κ3) is 5.53. The molecule has 3 aromatic rings. The van der Waals surface area contributed by atoms with Crippen molar-refractivity contribution in [3.8, 4) is 0 Å². The Kier molecular flexibility index (Phi) is 10.2. The van der Waals surface area contributed by atoms with Gasteiger partial charge in [0.1, 0.15) is 0 Å². The maximum atomic E-state index is 2.65. The zero-order chi connectivity index (χ0) is 27.0. The molecule has 0 saturated heterocycles. The third-order valence-electron chi connectivity index (χ3n) is 9.10. The van der Waals surface area contributed by atoms with E-state index in [1.165, 1.54) is 55.3 Å². The molecular weight excluding hydrogens is 607 g/mol. The second kappa shape index (κ2) is 11.7. The number of hydrogen-bond donors (Lipinski definition) is 0. The van der Waals surface area contributed by atoms with E-state index < -0.39 is 0 Å². The molecule has 0 aliphatic heterocycles. The fourth-order valence-corrected chi connectivity index (χ4v) is 7.28. The predicted molar refractivity (Wildman–Crippen MR) is 163 cm³/mol. The first kappa shape index (κ1) is 34.8. The number of hydrogen-bond acceptors (Lipinski definition) is 0. The standard InChI is InChI=1S/C37H44.2ClH.Zr/c1-24-32(34(2,3)4)19-18-29-30(22-26-16-13-15-25-14-11-12-17-27(25)26)28-20-21-37(35(5,6)7,36(8,9)10)23-31(28)33(24)29;;;/h11-21,23H,22H2,1-10H3;2*1H;/q;;;+2/p-2. The van der Waals surface area contributed by atoms with Gasteiger partial charge in [0.2, 0.25) is 0 Å². The molecule has 0 aromatic heterocycles. The predicted octanol–water partition coefficient (Wildman–Crippen LogP) is 4.49. The van der Waals surface area contributed by atoms with E-state index in [4.69, 9.17) is 0 Å². The molecule has 3 aromatic carbocycles. The van der Waals surface area contributed by atoms with Crippen LogP contribution in [0.2, 0.25) is 0 Å². The van der Waals surface area contributed by atoms with E-state index in [2.05, 4.69) is 142 Å². The van der Waals surface area contributed by atoms with Crippen LogP contribution in [-0.4, -0.2) is 0 Å². The average Bonchev–Trinajstić information content (AvgIpc) is 3.10. The second-order valence-electron chi connectivity index (χ2n) is 14.4. The zero-order valence-electron chi connectivity index (χ0n) is 25.9. The van der Waals surface area contributed by atoms with E-state index in [1.807, 2.05) is 0 Å². The van der Waals surface area contributed by atoms with Crippen LogP contribution in [0.25, 0.3) is 21.9 Å². The van der Waals surface area contributed by atoms with Gasteiger partial charge >= 0.3 is 26.2 Å². The van der Waals surface area contributed by atoms with Crippen LogP contribution in [0.5, 0.6) is 0 Å². The minimum atomic E-state index is -0.0465. The Morgan fingerprint density at radius 1 is 0.725 bits per heavy atom. The van der Waals surface area contributed by atoms with Crippen molar-refractivity contribution in [2.45, 2.75) is 81.1 Å². The van der Waals surface area contributed by atoms with Crippen LogP contribution in [0.4, 0.5) is 0 Å². The summed E-state index contributed by atoms with van der Waals surface area (Å²) >= 11 is 0. The molecule has 3 heteroatoms. The molecule has 0 amide bonds. The van der Waals surface area contributed by atoms with Crippen molar-refractivity contribution < 1.29 is 51.0 Å². The fraction of sp³-hybridized carbons (Fsp3) is 0.405. The Morgan fingerprint density at radius 3 is 1.93 bits per heavy atom. The molecule has 210 valence electrons. The molecule has 5 rings (SSSR count). The van der Waals surface area contributed by atoms with Crippen molar-refractivity contribution in [3.63, 3.8) is 0 Å². The Bertz CT molecular complexity index is 1480. The number of allylic oxidation sites excluding steroid dienone is 6. The molecule has 0 radical (unpaired) electrons. The van der Waals surface area contributed by atoms with E-state index in [9.17, 15) is 0 Å². The minimum Gasteiger partial charge on any atom is -1.00 e. The molecular formula is C37H44Cl2Zr. The summed E-state index contributed by atoms with van der Waals surface area (Å²) in [5.41, 5.74) is 11.7. The monoisotopic (exact) mass is 648 g/mol. The summed E-state index contributed by atoms with van der Waals surface area (Å²) in [5, 5.41) is 2.68. The van der Waals surface area contributed by atoms with Crippen molar-refractivity contribution >= 4 is 21.9 Å². The van der Waals surface area contributed by atoms with Crippen LogP contribution in [0.1, 0.15) is 90.1 Å². The van der Waals surface area contributed by atoms with Gasteiger partial charge in [0, 0.05) is 5.41 Å². The molecule has 0 bridgehead atoms. The molecule has 0 heterocycles. The van der Waals surface area contributed by atoms with Crippen molar-refractivity contribution in [2.75, 3.05) is 0 Å². The van der Waals surface area contributed by atoms with Crippen molar-refractivity contribution in [1.82, 2.24) is 0 Å². The Labute approximate surface area is 274 Å². The van der Waals surface area contributed by atoms with Gasteiger partial charge in [-0.25, -0.2) is 0 Å². The Balaban J connectivity index is 0.00000187. The first-order valence-electron chi connectivity index (χ1n) is 13.9. The largest absolute Gasteiger partial charge is 2.00 e. The molecule has 0 atom stereocenters. The molecule has 0 spiro atoms. The number of halogens is 2. The molecule has 0 N–H and O–H groups in total. The van der Waals surface area contributed by atoms with Gasteiger partial charge in [-0.05, 0) is 84.9 Å². The summed E-state index contributed by atoms with van der Waals surface area (Å²) in [5.74, 6) is 0. The molecule has 2 aliphatic rings. The molecule has 40 heavy (non-hydrogen) atoms. The normalized spacial score (nSPS) is 15.9. The summed E-state index contributed by atoms with van der Waals surface area (Å²) in [7, 11) is 0. The van der Waals surface area contributed by atoms with Crippen LogP contribution in [-0.2, 0) is 38.0 Å². The van der Waals surface area contributed by atoms with Gasteiger partial charge in [-0.2, -0.15) is 0 Å². The summed E-state index contributed by atoms with van der Waals surface area (Å²) < 4.78 is 0. The smallest absolute Gasteiger partial charge is 1.00 e. The van der Waals surface area contributed by atoms with E-state index in [0.717, 1.165) is 6.42 Å². The number of fused-ring (bicyclic) bond motifs is 4. The minimum absolute atomic E-state index is 0. The molecule has 0 unspecified atom stereocenters. The summed E-state index contributed by atoms with van der Waals surface area (Å²) in [6.45, 7) is 23.8. The number of rotatable bonds is 2. The maximum absolute atomic E-state index is 2.65. The first-order chi connectivity index (χ1) is 17.2. The van der Waals surface area contributed by atoms with E-state index in [0.29, 0.717) is 0 Å². The van der Waals surface area contributed by atoms with Gasteiger partial charge in [-0.3, -0.25) is 0 Å². The van der Waals surface area contributed by atoms with Crippen LogP contribution in [0, 0.1) is 23.2 Å². The fourth-order valence-electron chi connectivity index (χ4n) is 7.28. The van der Waals surface area contributed by atoms with Crippen molar-refractivity contribution in [1.29, 1.82) is 0 Å². The average molecular weight is 651 g/mol.